The zero-order valence-electron chi connectivity index (χ0n) is 10.7. The van der Waals surface area contributed by atoms with Crippen LogP contribution in [0.4, 0.5) is 0 Å². The fourth-order valence-electron chi connectivity index (χ4n) is 1.44. The molecule has 0 heterocycles. The van der Waals surface area contributed by atoms with E-state index in [1.807, 2.05) is 0 Å². The third-order valence-electron chi connectivity index (χ3n) is 2.71. The molecule has 0 N–H and O–H groups in total. The predicted octanol–water partition coefficient (Wildman–Crippen LogP) is 4.54. The van der Waals surface area contributed by atoms with Gasteiger partial charge < -0.3 is 0 Å². The van der Waals surface area contributed by atoms with Gasteiger partial charge in [-0.15, -0.1) is 11.6 Å². The summed E-state index contributed by atoms with van der Waals surface area (Å²) in [5.41, 5.74) is 2.12. The van der Waals surface area contributed by atoms with Crippen molar-refractivity contribution in [2.45, 2.75) is 52.5 Å². The fraction of sp³-hybridized carbons (Fsp3) is 0.615. The molecule has 0 aromatic heterocycles. The molecule has 0 saturated heterocycles. The van der Waals surface area contributed by atoms with Crippen molar-refractivity contribution in [2.75, 3.05) is 0 Å². The van der Waals surface area contributed by atoms with Gasteiger partial charge in [0.2, 0.25) is 0 Å². The van der Waals surface area contributed by atoms with Gasteiger partial charge in [-0.05, 0) is 18.7 Å². The molecule has 0 aliphatic heterocycles. The highest BCUT2D eigenvalue weighted by Crippen LogP contribution is 2.32. The Kier molecular flexibility index (Phi) is 8.67. The van der Waals surface area contributed by atoms with Crippen LogP contribution >= 0.6 is 7.38 Å². The Bertz CT molecular complexity index is 281. The van der Waals surface area contributed by atoms with Gasteiger partial charge in [-0.25, -0.2) is 0 Å². The van der Waals surface area contributed by atoms with Gasteiger partial charge in [0.1, 0.15) is 7.28 Å². The summed E-state index contributed by atoms with van der Waals surface area (Å²) in [6.45, 7) is 8.81. The lowest BCUT2D eigenvalue weighted by atomic mass is 9.73. The predicted molar refractivity (Wildman–Crippen MR) is 76.8 cm³/mol. The van der Waals surface area contributed by atoms with Crippen LogP contribution in [-0.2, 0) is 0 Å². The number of hydrogen-bond donors (Lipinski definition) is 0. The Balaban J connectivity index is 4.23. The second-order valence-electron chi connectivity index (χ2n) is 4.01. The van der Waals surface area contributed by atoms with Crippen LogP contribution in [0.3, 0.4) is 0 Å². The highest BCUT2D eigenvalue weighted by Gasteiger charge is 2.04. The third-order valence-corrected chi connectivity index (χ3v) is 4.69. The number of rotatable bonds is 5. The summed E-state index contributed by atoms with van der Waals surface area (Å²) in [5, 5.41) is 0. The van der Waals surface area contributed by atoms with Gasteiger partial charge in [0, 0.05) is 5.66 Å². The van der Waals surface area contributed by atoms with Gasteiger partial charge in [0.05, 0.1) is 0 Å². The number of hydrogen-bond acceptors (Lipinski definition) is 0. The summed E-state index contributed by atoms with van der Waals surface area (Å²) >= 11 is 0. The van der Waals surface area contributed by atoms with Crippen LogP contribution in [0.2, 0.25) is 6.82 Å². The maximum absolute atomic E-state index is 6.19. The summed E-state index contributed by atoms with van der Waals surface area (Å²) in [4.78, 5) is 0. The first-order valence-electron chi connectivity index (χ1n) is 6.02. The van der Waals surface area contributed by atoms with Crippen molar-refractivity contribution in [1.82, 2.24) is 0 Å². The van der Waals surface area contributed by atoms with Gasteiger partial charge in [-0.2, -0.15) is 0 Å². The Morgan fingerprint density at radius 1 is 1.47 bits per heavy atom. The average molecular weight is 222 g/mol. The molecule has 84 valence electrons. The van der Waals surface area contributed by atoms with E-state index in [1.54, 1.807) is 0 Å². The van der Waals surface area contributed by atoms with Crippen molar-refractivity contribution in [3.63, 3.8) is 0 Å². The lowest BCUT2D eigenvalue weighted by Crippen LogP contribution is -1.96. The molecule has 2 atom stereocenters. The van der Waals surface area contributed by atoms with Crippen molar-refractivity contribution in [2.24, 2.45) is 0 Å². The van der Waals surface area contributed by atoms with Gasteiger partial charge >= 0.3 is 0 Å². The normalized spacial score (nSPS) is 15.4. The summed E-state index contributed by atoms with van der Waals surface area (Å²) < 4.78 is 0. The van der Waals surface area contributed by atoms with Crippen LogP contribution in [-0.4, -0.2) is 12.9 Å². The van der Waals surface area contributed by atoms with E-state index in [0.717, 1.165) is 7.28 Å². The molecule has 0 rings (SSSR count). The highest BCUT2D eigenvalue weighted by molar-refractivity contribution is 7.50. The molecule has 0 radical (unpaired) electrons. The van der Waals surface area contributed by atoms with Gasteiger partial charge in [-0.1, -0.05) is 53.5 Å². The van der Waals surface area contributed by atoms with Gasteiger partial charge in [0.15, 0.2) is 0 Å². The van der Waals surface area contributed by atoms with Crippen molar-refractivity contribution in [3.05, 3.63) is 23.4 Å². The molecule has 0 aliphatic rings. The maximum Gasteiger partial charge on any atom is 0.148 e. The smallest absolute Gasteiger partial charge is 0.143 e. The number of allylic oxidation sites excluding steroid dienone is 3. The molecule has 2 heteroatoms. The summed E-state index contributed by atoms with van der Waals surface area (Å²) in [6, 6.07) is 0. The standard InChI is InChI=1S/C13H24BP/c1-6-9-13(7-2)15(5)11-8-10-12(3)14-4/h5,8,10-11,13-14H,6-7,9H2,1-4H3/b11-8-,12-10+. The van der Waals surface area contributed by atoms with Crippen LogP contribution in [0.5, 0.6) is 0 Å². The van der Waals surface area contributed by atoms with Crippen LogP contribution in [0.15, 0.2) is 23.4 Å². The molecular weight excluding hydrogens is 198 g/mol. The summed E-state index contributed by atoms with van der Waals surface area (Å²) in [6.07, 6.45) is 14.2. The van der Waals surface area contributed by atoms with Crippen molar-refractivity contribution >= 4 is 14.7 Å². The Labute approximate surface area is 97.1 Å². The molecule has 2 unspecified atom stereocenters. The second kappa shape index (κ2) is 8.90. The molecule has 0 bridgehead atoms. The molecule has 0 nitrogen and oxygen atoms in total. The minimum atomic E-state index is -0.411. The summed E-state index contributed by atoms with van der Waals surface area (Å²) in [7, 11) is 0.713. The molecule has 0 saturated carbocycles. The monoisotopic (exact) mass is 222 g/mol. The fourth-order valence-corrected chi connectivity index (χ4v) is 2.95. The first kappa shape index (κ1) is 14.6. The van der Waals surface area contributed by atoms with E-state index in [-0.39, 0.29) is 0 Å². The van der Waals surface area contributed by atoms with Gasteiger partial charge in [-0.3, -0.25) is 0 Å². The minimum absolute atomic E-state index is 0.411. The van der Waals surface area contributed by atoms with Crippen molar-refractivity contribution < 1.29 is 0 Å². The molecule has 0 spiro atoms. The molecule has 0 amide bonds. The van der Waals surface area contributed by atoms with E-state index >= 15 is 0 Å². The molecule has 0 aliphatic carbocycles. The second-order valence-corrected chi connectivity index (χ2v) is 5.93. The van der Waals surface area contributed by atoms with E-state index in [0.29, 0.717) is 5.66 Å². The first-order chi connectivity index (χ1) is 7.15. The van der Waals surface area contributed by atoms with Crippen LogP contribution < -0.4 is 0 Å². The van der Waals surface area contributed by atoms with E-state index in [2.05, 4.69) is 45.6 Å². The molecule has 0 aromatic rings. The van der Waals surface area contributed by atoms with E-state index in [1.165, 1.54) is 24.7 Å². The van der Waals surface area contributed by atoms with Crippen molar-refractivity contribution in [1.29, 1.82) is 0 Å². The third kappa shape index (κ3) is 6.66. The van der Waals surface area contributed by atoms with Crippen LogP contribution in [0, 0.1) is 6.13 Å². The molecular formula is C13H24BP. The zero-order chi connectivity index (χ0) is 11.7. The molecule has 0 aromatic carbocycles. The van der Waals surface area contributed by atoms with E-state index in [4.69, 9.17) is 6.13 Å². The topological polar surface area (TPSA) is 0 Å². The minimum Gasteiger partial charge on any atom is -0.143 e. The van der Waals surface area contributed by atoms with Crippen LogP contribution in [0.25, 0.3) is 0 Å². The van der Waals surface area contributed by atoms with E-state index in [9.17, 15) is 0 Å². The quantitative estimate of drug-likeness (QED) is 0.364. The maximum atomic E-state index is 6.19. The lowest BCUT2D eigenvalue weighted by Gasteiger charge is -2.11. The molecule has 15 heavy (non-hydrogen) atoms. The van der Waals surface area contributed by atoms with Crippen LogP contribution in [0.1, 0.15) is 40.0 Å². The zero-order valence-corrected chi connectivity index (χ0v) is 11.6. The molecule has 0 fully saturated rings. The summed E-state index contributed by atoms with van der Waals surface area (Å²) in [5.74, 6) is 2.21. The SMILES string of the molecule is C#P(/C=C\C=C(/C)BC)C(CC)CCC. The van der Waals surface area contributed by atoms with E-state index < -0.39 is 7.38 Å². The lowest BCUT2D eigenvalue weighted by molar-refractivity contribution is 0.716. The van der Waals surface area contributed by atoms with Crippen molar-refractivity contribution in [3.8, 4) is 6.13 Å². The largest absolute Gasteiger partial charge is 0.148 e. The first-order valence-corrected chi connectivity index (χ1v) is 7.57. The van der Waals surface area contributed by atoms with Gasteiger partial charge in [0.25, 0.3) is 0 Å². The Morgan fingerprint density at radius 2 is 2.13 bits per heavy atom. The Morgan fingerprint density at radius 3 is 2.60 bits per heavy atom. The Hall–Kier alpha value is -0.375. The average Bonchev–Trinajstić information content (AvgIpc) is 2.25. The highest BCUT2D eigenvalue weighted by atomic mass is 31.1.